The lowest BCUT2D eigenvalue weighted by molar-refractivity contribution is -0.133. The molecule has 25 heavy (non-hydrogen) atoms. The number of fused-ring (bicyclic) bond motifs is 1. The van der Waals surface area contributed by atoms with Crippen molar-refractivity contribution >= 4 is 11.5 Å². The number of allylic oxidation sites excluding steroid dienone is 1. The first-order chi connectivity index (χ1) is 12.3. The number of esters is 1. The van der Waals surface area contributed by atoms with Crippen LogP contribution in [0.15, 0.2) is 24.3 Å². The Morgan fingerprint density at radius 3 is 2.20 bits per heavy atom. The van der Waals surface area contributed by atoms with E-state index in [-0.39, 0.29) is 5.97 Å². The molecule has 138 valence electrons. The van der Waals surface area contributed by atoms with Gasteiger partial charge in [0.15, 0.2) is 11.5 Å². The molecule has 0 radical (unpaired) electrons. The molecule has 0 fully saturated rings. The van der Waals surface area contributed by atoms with Crippen LogP contribution < -0.4 is 4.74 Å². The maximum Gasteiger partial charge on any atom is 0.338 e. The van der Waals surface area contributed by atoms with Gasteiger partial charge < -0.3 is 9.47 Å². The summed E-state index contributed by atoms with van der Waals surface area (Å²) in [5.41, 5.74) is 1.53. The minimum absolute atomic E-state index is 0.271. The molecule has 0 bridgehead atoms. The summed E-state index contributed by atoms with van der Waals surface area (Å²) >= 11 is 0. The van der Waals surface area contributed by atoms with Crippen molar-refractivity contribution in [3.8, 4) is 11.5 Å². The summed E-state index contributed by atoms with van der Waals surface area (Å²) in [6, 6.07) is 5.74. The Morgan fingerprint density at radius 2 is 1.60 bits per heavy atom. The van der Waals surface area contributed by atoms with E-state index in [0.29, 0.717) is 5.57 Å². The zero-order valence-corrected chi connectivity index (χ0v) is 15.8. The second-order valence-corrected chi connectivity index (χ2v) is 6.84. The van der Waals surface area contributed by atoms with Crippen LogP contribution >= 0.6 is 0 Å². The Kier molecular flexibility index (Phi) is 8.58. The van der Waals surface area contributed by atoms with Gasteiger partial charge in [0.2, 0.25) is 0 Å². The van der Waals surface area contributed by atoms with Crippen LogP contribution in [-0.4, -0.2) is 13.1 Å². The predicted octanol–water partition coefficient (Wildman–Crippen LogP) is 6.66. The van der Waals surface area contributed by atoms with Gasteiger partial charge in [0.05, 0.1) is 12.7 Å². The van der Waals surface area contributed by atoms with E-state index in [4.69, 9.17) is 9.47 Å². The number of rotatable bonds is 13. The summed E-state index contributed by atoms with van der Waals surface area (Å²) in [6.45, 7) is 2.26. The molecule has 1 aromatic rings. The number of methoxy groups -OCH3 is 1. The van der Waals surface area contributed by atoms with E-state index in [9.17, 15) is 4.79 Å². The highest BCUT2D eigenvalue weighted by Crippen LogP contribution is 2.46. The van der Waals surface area contributed by atoms with E-state index in [1.54, 1.807) is 0 Å². The Labute approximate surface area is 152 Å². The molecule has 0 amide bonds. The quantitative estimate of drug-likeness (QED) is 0.176. The summed E-state index contributed by atoms with van der Waals surface area (Å²) in [7, 11) is 1.43. The molecule has 0 aromatic heterocycles. The van der Waals surface area contributed by atoms with Crippen molar-refractivity contribution in [2.24, 2.45) is 0 Å². The minimum Gasteiger partial charge on any atom is -0.465 e. The highest BCUT2D eigenvalue weighted by atomic mass is 16.6. The number of hydrogen-bond acceptors (Lipinski definition) is 3. The van der Waals surface area contributed by atoms with Crippen LogP contribution in [0.2, 0.25) is 0 Å². The fourth-order valence-electron chi connectivity index (χ4n) is 3.14. The first-order valence-corrected chi connectivity index (χ1v) is 9.87. The van der Waals surface area contributed by atoms with Crippen molar-refractivity contribution in [3.05, 3.63) is 29.8 Å². The maximum absolute atomic E-state index is 12.0. The molecular weight excluding hydrogens is 312 g/mol. The Hall–Kier alpha value is -1.77. The van der Waals surface area contributed by atoms with Crippen LogP contribution in [0.5, 0.6) is 11.5 Å². The van der Waals surface area contributed by atoms with Gasteiger partial charge in [-0.05, 0) is 30.5 Å². The van der Waals surface area contributed by atoms with Crippen molar-refractivity contribution in [1.29, 1.82) is 0 Å². The van der Waals surface area contributed by atoms with Gasteiger partial charge in [0.1, 0.15) is 0 Å². The van der Waals surface area contributed by atoms with Gasteiger partial charge in [-0.2, -0.15) is 0 Å². The molecular formula is C22H32O3. The second-order valence-electron chi connectivity index (χ2n) is 6.84. The third-order valence-electron chi connectivity index (χ3n) is 4.74. The fourth-order valence-corrected chi connectivity index (χ4v) is 3.14. The lowest BCUT2D eigenvalue weighted by atomic mass is 10.0. The number of ether oxygens (including phenoxy) is 2. The molecule has 0 N–H and O–H groups in total. The van der Waals surface area contributed by atoms with Crippen molar-refractivity contribution in [2.75, 3.05) is 7.11 Å². The van der Waals surface area contributed by atoms with E-state index in [0.717, 1.165) is 29.9 Å². The number of hydrogen-bond donors (Lipinski definition) is 0. The summed E-state index contributed by atoms with van der Waals surface area (Å²) in [5.74, 6) is 1.50. The summed E-state index contributed by atoms with van der Waals surface area (Å²) in [6.07, 6.45) is 16.1. The molecule has 3 nitrogen and oxygen atoms in total. The largest absolute Gasteiger partial charge is 0.465 e. The van der Waals surface area contributed by atoms with Crippen LogP contribution in [0, 0.1) is 0 Å². The molecule has 1 heterocycles. The molecule has 1 aliphatic heterocycles. The average molecular weight is 344 g/mol. The van der Waals surface area contributed by atoms with E-state index < -0.39 is 0 Å². The van der Waals surface area contributed by atoms with Crippen LogP contribution in [0.1, 0.15) is 83.1 Å². The molecule has 0 saturated carbocycles. The van der Waals surface area contributed by atoms with Gasteiger partial charge in [0.25, 0.3) is 0 Å². The smallest absolute Gasteiger partial charge is 0.338 e. The SMILES string of the molecule is CCCCCCCCCCCCC=C(C(=O)OC)c1ccc2c(c1)O2. The Morgan fingerprint density at radius 1 is 0.960 bits per heavy atom. The standard InChI is InChI=1S/C22H32O3/c1-3-4-5-6-7-8-9-10-11-12-13-14-19(22(23)24-2)18-15-16-20-21(17-18)25-20/h14-17H,3-13H2,1-2H3. The lowest BCUT2D eigenvalue weighted by Crippen LogP contribution is -2.03. The molecule has 1 aromatic carbocycles. The summed E-state index contributed by atoms with van der Waals surface area (Å²) in [5, 5.41) is 0. The third-order valence-corrected chi connectivity index (χ3v) is 4.74. The van der Waals surface area contributed by atoms with E-state index >= 15 is 0 Å². The van der Waals surface area contributed by atoms with Gasteiger partial charge in [-0.25, -0.2) is 4.79 Å². The minimum atomic E-state index is -0.271. The molecule has 2 rings (SSSR count). The Bertz CT molecular complexity index is 575. The van der Waals surface area contributed by atoms with Crippen LogP contribution in [0.4, 0.5) is 0 Å². The number of carbonyl (C=O) groups excluding carboxylic acids is 1. The van der Waals surface area contributed by atoms with Gasteiger partial charge in [-0.15, -0.1) is 0 Å². The van der Waals surface area contributed by atoms with Gasteiger partial charge in [-0.3, -0.25) is 0 Å². The summed E-state index contributed by atoms with van der Waals surface area (Å²) < 4.78 is 10.2. The molecule has 0 atom stereocenters. The first-order valence-electron chi connectivity index (χ1n) is 9.87. The second kappa shape index (κ2) is 11.0. The summed E-state index contributed by atoms with van der Waals surface area (Å²) in [4.78, 5) is 12.0. The molecule has 1 aliphatic rings. The molecule has 3 heteroatoms. The number of carbonyl (C=O) groups is 1. The highest BCUT2D eigenvalue weighted by Gasteiger charge is 2.22. The van der Waals surface area contributed by atoms with Gasteiger partial charge in [0, 0.05) is 0 Å². The van der Waals surface area contributed by atoms with Crippen molar-refractivity contribution < 1.29 is 14.3 Å². The molecule has 0 saturated heterocycles. The van der Waals surface area contributed by atoms with Crippen LogP contribution in [-0.2, 0) is 9.53 Å². The predicted molar refractivity (Wildman–Crippen MR) is 103 cm³/mol. The monoisotopic (exact) mass is 344 g/mol. The lowest BCUT2D eigenvalue weighted by Gasteiger charge is -2.05. The highest BCUT2D eigenvalue weighted by molar-refractivity contribution is 6.16. The zero-order valence-electron chi connectivity index (χ0n) is 15.8. The van der Waals surface area contributed by atoms with Gasteiger partial charge in [-0.1, -0.05) is 76.9 Å². The van der Waals surface area contributed by atoms with Crippen LogP contribution in [0.25, 0.3) is 5.57 Å². The number of unbranched alkanes of at least 4 members (excludes halogenated alkanes) is 10. The van der Waals surface area contributed by atoms with E-state index in [2.05, 4.69) is 6.92 Å². The third kappa shape index (κ3) is 6.93. The fraction of sp³-hybridized carbons (Fsp3) is 0.591. The van der Waals surface area contributed by atoms with E-state index in [1.165, 1.54) is 64.9 Å². The van der Waals surface area contributed by atoms with E-state index in [1.807, 2.05) is 24.3 Å². The average Bonchev–Trinajstić information content (AvgIpc) is 3.41. The molecule has 0 unspecified atom stereocenters. The van der Waals surface area contributed by atoms with Crippen LogP contribution in [0.3, 0.4) is 0 Å². The van der Waals surface area contributed by atoms with Crippen molar-refractivity contribution in [3.63, 3.8) is 0 Å². The molecule has 0 spiro atoms. The topological polar surface area (TPSA) is 38.8 Å². The normalized spacial score (nSPS) is 12.5. The molecule has 0 aliphatic carbocycles. The Balaban J connectivity index is 1.64. The zero-order chi connectivity index (χ0) is 17.9. The van der Waals surface area contributed by atoms with Gasteiger partial charge >= 0.3 is 5.97 Å². The maximum atomic E-state index is 12.0. The number of benzene rings is 1. The van der Waals surface area contributed by atoms with Crippen molar-refractivity contribution in [2.45, 2.75) is 77.6 Å². The first kappa shape index (κ1) is 19.6. The van der Waals surface area contributed by atoms with Crippen molar-refractivity contribution in [1.82, 2.24) is 0 Å².